The molecule has 6 heavy (non-hydrogen) atoms. The van der Waals surface area contributed by atoms with Gasteiger partial charge in [0.1, 0.15) is 0 Å². The van der Waals surface area contributed by atoms with Crippen LogP contribution in [0.25, 0.3) is 0 Å². The summed E-state index contributed by atoms with van der Waals surface area (Å²) in [5, 5.41) is 3.08. The molecule has 2 heteroatoms. The van der Waals surface area contributed by atoms with Gasteiger partial charge < -0.3 is 0 Å². The minimum atomic E-state index is 0.417. The predicted molar refractivity (Wildman–Crippen MR) is 35.6 cm³/mol. The molecule has 1 atom stereocenters. The first-order valence-electron chi connectivity index (χ1n) is 1.71. The van der Waals surface area contributed by atoms with Crippen molar-refractivity contribution in [3.05, 3.63) is 0 Å². The SMILES string of the molecule is CSC(C)[C]=S. The van der Waals surface area contributed by atoms with Gasteiger partial charge in [0.2, 0.25) is 0 Å². The predicted octanol–water partition coefficient (Wildman–Crippen LogP) is 1.61. The maximum Gasteiger partial charge on any atom is 0.0429 e. The maximum atomic E-state index is 4.50. The lowest BCUT2D eigenvalue weighted by molar-refractivity contribution is 1.38. The fourth-order valence-corrected chi connectivity index (χ4v) is 0.433. The summed E-state index contributed by atoms with van der Waals surface area (Å²) in [6.07, 6.45) is 2.02. The summed E-state index contributed by atoms with van der Waals surface area (Å²) in [5.74, 6) is 0. The van der Waals surface area contributed by atoms with E-state index in [1.165, 1.54) is 0 Å². The van der Waals surface area contributed by atoms with E-state index >= 15 is 0 Å². The van der Waals surface area contributed by atoms with Gasteiger partial charge in [-0.1, -0.05) is 12.2 Å². The van der Waals surface area contributed by atoms with Gasteiger partial charge in [0, 0.05) is 10.6 Å². The van der Waals surface area contributed by atoms with Crippen LogP contribution in [0.5, 0.6) is 0 Å². The van der Waals surface area contributed by atoms with Gasteiger partial charge >= 0.3 is 0 Å². The van der Waals surface area contributed by atoms with Gasteiger partial charge in [0.15, 0.2) is 0 Å². The fraction of sp³-hybridized carbons (Fsp3) is 0.750. The van der Waals surface area contributed by atoms with Crippen LogP contribution in [0.4, 0.5) is 0 Å². The monoisotopic (exact) mass is 119 g/mol. The Labute approximate surface area is 48.3 Å². The highest BCUT2D eigenvalue weighted by molar-refractivity contribution is 8.00. The Bertz CT molecular complexity index is 42.8. The molecular weight excluding hydrogens is 112 g/mol. The molecule has 0 aliphatic heterocycles. The van der Waals surface area contributed by atoms with Crippen LogP contribution in [-0.4, -0.2) is 16.9 Å². The molecule has 0 aromatic heterocycles. The molecule has 0 nitrogen and oxygen atoms in total. The molecule has 0 N–H and O–H groups in total. The van der Waals surface area contributed by atoms with E-state index in [1.807, 2.05) is 13.2 Å². The second-order valence-corrected chi connectivity index (χ2v) is 2.41. The molecule has 0 aromatic rings. The van der Waals surface area contributed by atoms with E-state index in [1.54, 1.807) is 11.8 Å². The van der Waals surface area contributed by atoms with Crippen LogP contribution in [0.1, 0.15) is 6.92 Å². The van der Waals surface area contributed by atoms with Crippen molar-refractivity contribution in [2.75, 3.05) is 6.26 Å². The number of hydrogen-bond acceptors (Lipinski definition) is 2. The van der Waals surface area contributed by atoms with E-state index in [2.05, 4.69) is 17.6 Å². The van der Waals surface area contributed by atoms with Crippen LogP contribution in [0.15, 0.2) is 0 Å². The quantitative estimate of drug-likeness (QED) is 0.506. The normalized spacial score (nSPS) is 13.7. The zero-order valence-corrected chi connectivity index (χ0v) is 5.53. The molecule has 0 saturated heterocycles. The van der Waals surface area contributed by atoms with Crippen molar-refractivity contribution in [2.45, 2.75) is 12.2 Å². The maximum absolute atomic E-state index is 4.50. The van der Waals surface area contributed by atoms with Crippen LogP contribution < -0.4 is 0 Å². The van der Waals surface area contributed by atoms with E-state index in [9.17, 15) is 0 Å². The first-order valence-corrected chi connectivity index (χ1v) is 3.41. The lowest BCUT2D eigenvalue weighted by Crippen LogP contribution is -1.90. The molecule has 0 bridgehead atoms. The Hall–Kier alpha value is 0.440. The molecule has 0 heterocycles. The Morgan fingerprint density at radius 1 is 1.83 bits per heavy atom. The topological polar surface area (TPSA) is 0 Å². The van der Waals surface area contributed by atoms with E-state index in [0.717, 1.165) is 0 Å². The standard InChI is InChI=1S/C4H7S2/c1-4(3-5)6-2/h4H,1-2H3. The smallest absolute Gasteiger partial charge is 0.0429 e. The summed E-state index contributed by atoms with van der Waals surface area (Å²) in [7, 11) is 0. The molecule has 0 fully saturated rings. The van der Waals surface area contributed by atoms with Crippen molar-refractivity contribution in [1.29, 1.82) is 0 Å². The molecule has 1 unspecified atom stereocenters. The molecule has 35 valence electrons. The molecule has 0 aromatic carbocycles. The highest BCUT2D eigenvalue weighted by Gasteiger charge is 1.87. The molecule has 1 radical (unpaired) electrons. The third-order valence-electron chi connectivity index (χ3n) is 0.520. The van der Waals surface area contributed by atoms with Crippen LogP contribution in [0.2, 0.25) is 0 Å². The third-order valence-corrected chi connectivity index (χ3v) is 1.85. The van der Waals surface area contributed by atoms with Gasteiger partial charge in [-0.25, -0.2) is 0 Å². The van der Waals surface area contributed by atoms with Crippen LogP contribution >= 0.6 is 24.0 Å². The first kappa shape index (κ1) is 6.44. The van der Waals surface area contributed by atoms with Gasteiger partial charge in [0.25, 0.3) is 0 Å². The molecule has 0 spiro atoms. The van der Waals surface area contributed by atoms with Gasteiger partial charge in [-0.2, -0.15) is 11.8 Å². The Balaban J connectivity index is 2.96. The Morgan fingerprint density at radius 2 is 2.33 bits per heavy atom. The van der Waals surface area contributed by atoms with Crippen molar-refractivity contribution in [3.8, 4) is 0 Å². The van der Waals surface area contributed by atoms with Crippen molar-refractivity contribution in [2.24, 2.45) is 0 Å². The lowest BCUT2D eigenvalue weighted by Gasteiger charge is -1.91. The minimum Gasteiger partial charge on any atom is -0.157 e. The second kappa shape index (κ2) is 3.62. The van der Waals surface area contributed by atoms with Crippen LogP contribution in [0.3, 0.4) is 0 Å². The fourth-order valence-electron chi connectivity index (χ4n) is 0.0481. The summed E-state index contributed by atoms with van der Waals surface area (Å²) >= 11 is 6.21. The molecule has 0 aliphatic carbocycles. The molecule has 0 rings (SSSR count). The van der Waals surface area contributed by atoms with Crippen molar-refractivity contribution < 1.29 is 0 Å². The van der Waals surface area contributed by atoms with E-state index in [0.29, 0.717) is 5.25 Å². The lowest BCUT2D eigenvalue weighted by atomic mass is 10.6. The van der Waals surface area contributed by atoms with Crippen molar-refractivity contribution in [1.82, 2.24) is 0 Å². The average Bonchev–Trinajstić information content (AvgIpc) is 1.65. The second-order valence-electron chi connectivity index (χ2n) is 0.996. The number of thioether (sulfide) groups is 1. The van der Waals surface area contributed by atoms with Crippen molar-refractivity contribution in [3.63, 3.8) is 0 Å². The van der Waals surface area contributed by atoms with Crippen LogP contribution in [-0.2, 0) is 0 Å². The average molecular weight is 119 g/mol. The highest BCUT2D eigenvalue weighted by Crippen LogP contribution is 1.99. The Kier molecular flexibility index (Phi) is 3.89. The zero-order chi connectivity index (χ0) is 4.99. The van der Waals surface area contributed by atoms with Gasteiger partial charge in [-0.15, -0.1) is 0 Å². The van der Waals surface area contributed by atoms with E-state index in [-0.39, 0.29) is 0 Å². The molecule has 0 amide bonds. The molecular formula is C4H7S2. The zero-order valence-electron chi connectivity index (χ0n) is 3.89. The van der Waals surface area contributed by atoms with E-state index < -0.39 is 0 Å². The summed E-state index contributed by atoms with van der Waals surface area (Å²) in [5.41, 5.74) is 0. The number of thiocarbonyl (C=S) groups is 1. The highest BCUT2D eigenvalue weighted by atomic mass is 32.2. The first-order chi connectivity index (χ1) is 2.81. The van der Waals surface area contributed by atoms with Gasteiger partial charge in [-0.3, -0.25) is 0 Å². The summed E-state index contributed by atoms with van der Waals surface area (Å²) in [6, 6.07) is 0. The summed E-state index contributed by atoms with van der Waals surface area (Å²) in [4.78, 5) is 0. The minimum absolute atomic E-state index is 0.417. The van der Waals surface area contributed by atoms with Crippen molar-refractivity contribution >= 4 is 29.3 Å². The summed E-state index contributed by atoms with van der Waals surface area (Å²) in [6.45, 7) is 2.03. The van der Waals surface area contributed by atoms with Crippen LogP contribution in [0, 0.1) is 0 Å². The largest absolute Gasteiger partial charge is 0.157 e. The third kappa shape index (κ3) is 2.67. The van der Waals surface area contributed by atoms with Gasteiger partial charge in [0.05, 0.1) is 0 Å². The number of hydrogen-bond donors (Lipinski definition) is 0. The summed E-state index contributed by atoms with van der Waals surface area (Å²) < 4.78 is 0. The molecule has 0 aliphatic rings. The van der Waals surface area contributed by atoms with Gasteiger partial charge in [-0.05, 0) is 13.2 Å². The molecule has 0 saturated carbocycles. The van der Waals surface area contributed by atoms with E-state index in [4.69, 9.17) is 0 Å². The number of rotatable bonds is 2. The Morgan fingerprint density at radius 3 is 2.33 bits per heavy atom.